The van der Waals surface area contributed by atoms with E-state index in [4.69, 9.17) is 4.74 Å². The summed E-state index contributed by atoms with van der Waals surface area (Å²) in [7, 11) is 2.20. The Balaban J connectivity index is 1.53. The summed E-state index contributed by atoms with van der Waals surface area (Å²) < 4.78 is 5.46. The van der Waals surface area contributed by atoms with E-state index in [1.807, 2.05) is 0 Å². The molecule has 0 aromatic carbocycles. The first-order valence-electron chi connectivity index (χ1n) is 6.56. The van der Waals surface area contributed by atoms with E-state index in [2.05, 4.69) is 22.2 Å². The van der Waals surface area contributed by atoms with E-state index in [0.29, 0.717) is 6.04 Å². The van der Waals surface area contributed by atoms with Crippen LogP contribution in [0.5, 0.6) is 0 Å². The molecule has 4 heteroatoms. The third-order valence-corrected chi connectivity index (χ3v) is 3.62. The average molecular weight is 227 g/mol. The van der Waals surface area contributed by atoms with Crippen LogP contribution in [-0.2, 0) is 4.74 Å². The van der Waals surface area contributed by atoms with Gasteiger partial charge < -0.3 is 15.0 Å². The predicted octanol–water partition coefficient (Wildman–Crippen LogP) is 0.00240. The summed E-state index contributed by atoms with van der Waals surface area (Å²) >= 11 is 0. The Hall–Kier alpha value is -0.160. The van der Waals surface area contributed by atoms with Gasteiger partial charge in [-0.15, -0.1) is 0 Å². The molecule has 0 amide bonds. The van der Waals surface area contributed by atoms with Crippen LogP contribution in [0.15, 0.2) is 0 Å². The van der Waals surface area contributed by atoms with Crippen molar-refractivity contribution in [2.24, 2.45) is 0 Å². The molecular formula is C12H25N3O. The zero-order valence-electron chi connectivity index (χ0n) is 10.5. The molecule has 0 aromatic heterocycles. The van der Waals surface area contributed by atoms with Crippen molar-refractivity contribution in [1.82, 2.24) is 15.1 Å². The predicted molar refractivity (Wildman–Crippen MR) is 65.8 cm³/mol. The van der Waals surface area contributed by atoms with Crippen molar-refractivity contribution in [2.75, 3.05) is 59.5 Å². The van der Waals surface area contributed by atoms with Gasteiger partial charge >= 0.3 is 0 Å². The number of nitrogens with zero attached hydrogens (tertiary/aromatic N) is 2. The Bertz CT molecular complexity index is 187. The van der Waals surface area contributed by atoms with E-state index in [9.17, 15) is 0 Å². The molecule has 0 bridgehead atoms. The molecule has 0 radical (unpaired) electrons. The lowest BCUT2D eigenvalue weighted by molar-refractivity contribution is 0.0685. The lowest BCUT2D eigenvalue weighted by atomic mass is 10.1. The van der Waals surface area contributed by atoms with Crippen LogP contribution < -0.4 is 5.32 Å². The molecule has 94 valence electrons. The highest BCUT2D eigenvalue weighted by molar-refractivity contribution is 4.73. The van der Waals surface area contributed by atoms with E-state index in [1.165, 1.54) is 45.6 Å². The summed E-state index contributed by atoms with van der Waals surface area (Å²) in [6.07, 6.45) is 2.49. The average Bonchev–Trinajstić information content (AvgIpc) is 2.33. The van der Waals surface area contributed by atoms with Crippen LogP contribution in [0.2, 0.25) is 0 Å². The fourth-order valence-electron chi connectivity index (χ4n) is 2.40. The second kappa shape index (κ2) is 6.55. The maximum atomic E-state index is 5.46. The standard InChI is InChI=1S/C12H25N3O/c1-14-6-8-15(9-7-14)5-4-13-12-3-2-10-16-11-12/h12-13H,2-11H2,1H3. The van der Waals surface area contributed by atoms with E-state index in [1.54, 1.807) is 0 Å². The Labute approximate surface area is 98.9 Å². The molecule has 1 atom stereocenters. The molecule has 0 saturated carbocycles. The molecule has 0 aromatic rings. The summed E-state index contributed by atoms with van der Waals surface area (Å²) in [5.41, 5.74) is 0. The zero-order chi connectivity index (χ0) is 11.2. The fraction of sp³-hybridized carbons (Fsp3) is 1.00. The Morgan fingerprint density at radius 3 is 2.75 bits per heavy atom. The lowest BCUT2D eigenvalue weighted by Gasteiger charge is -2.33. The highest BCUT2D eigenvalue weighted by atomic mass is 16.5. The summed E-state index contributed by atoms with van der Waals surface area (Å²) in [6.45, 7) is 9.03. The summed E-state index contributed by atoms with van der Waals surface area (Å²) in [6, 6.07) is 0.598. The second-order valence-electron chi connectivity index (χ2n) is 5.01. The molecule has 0 spiro atoms. The van der Waals surface area contributed by atoms with Gasteiger partial charge in [0.05, 0.1) is 6.61 Å². The SMILES string of the molecule is CN1CCN(CCNC2CCCOC2)CC1. The molecule has 0 aliphatic carbocycles. The Morgan fingerprint density at radius 2 is 2.06 bits per heavy atom. The van der Waals surface area contributed by atoms with Gasteiger partial charge in [0.2, 0.25) is 0 Å². The van der Waals surface area contributed by atoms with Crippen LogP contribution >= 0.6 is 0 Å². The topological polar surface area (TPSA) is 27.7 Å². The van der Waals surface area contributed by atoms with E-state index >= 15 is 0 Å². The molecule has 2 rings (SSSR count). The third kappa shape index (κ3) is 4.01. The number of nitrogens with one attached hydrogen (secondary N) is 1. The molecular weight excluding hydrogens is 202 g/mol. The smallest absolute Gasteiger partial charge is 0.0619 e. The third-order valence-electron chi connectivity index (χ3n) is 3.62. The van der Waals surface area contributed by atoms with Crippen molar-refractivity contribution >= 4 is 0 Å². The number of rotatable bonds is 4. The Morgan fingerprint density at radius 1 is 1.25 bits per heavy atom. The minimum atomic E-state index is 0.598. The molecule has 1 N–H and O–H groups in total. The molecule has 2 fully saturated rings. The monoisotopic (exact) mass is 227 g/mol. The first-order valence-corrected chi connectivity index (χ1v) is 6.56. The second-order valence-corrected chi connectivity index (χ2v) is 5.01. The summed E-state index contributed by atoms with van der Waals surface area (Å²) in [5, 5.41) is 3.60. The maximum Gasteiger partial charge on any atom is 0.0619 e. The van der Waals surface area contributed by atoms with E-state index in [0.717, 1.165) is 19.8 Å². The van der Waals surface area contributed by atoms with Gasteiger partial charge in [0.25, 0.3) is 0 Å². The minimum absolute atomic E-state index is 0.598. The van der Waals surface area contributed by atoms with Crippen molar-refractivity contribution in [3.05, 3.63) is 0 Å². The number of hydrogen-bond acceptors (Lipinski definition) is 4. The van der Waals surface area contributed by atoms with Gasteiger partial charge in [0.1, 0.15) is 0 Å². The number of hydrogen-bond donors (Lipinski definition) is 1. The number of ether oxygens (including phenoxy) is 1. The first-order chi connectivity index (χ1) is 7.84. The fourth-order valence-corrected chi connectivity index (χ4v) is 2.40. The van der Waals surface area contributed by atoms with Gasteiger partial charge in [-0.05, 0) is 19.9 Å². The van der Waals surface area contributed by atoms with E-state index in [-0.39, 0.29) is 0 Å². The van der Waals surface area contributed by atoms with Crippen LogP contribution in [0, 0.1) is 0 Å². The van der Waals surface area contributed by atoms with Gasteiger partial charge in [0, 0.05) is 51.9 Å². The van der Waals surface area contributed by atoms with Crippen molar-refractivity contribution in [2.45, 2.75) is 18.9 Å². The molecule has 2 saturated heterocycles. The van der Waals surface area contributed by atoms with Crippen molar-refractivity contribution < 1.29 is 4.74 Å². The van der Waals surface area contributed by atoms with Crippen LogP contribution in [-0.4, -0.2) is 75.4 Å². The van der Waals surface area contributed by atoms with Crippen molar-refractivity contribution in [3.8, 4) is 0 Å². The van der Waals surface area contributed by atoms with Crippen LogP contribution in [0.4, 0.5) is 0 Å². The highest BCUT2D eigenvalue weighted by Crippen LogP contribution is 2.05. The van der Waals surface area contributed by atoms with Gasteiger partial charge in [-0.2, -0.15) is 0 Å². The number of likely N-dealkylation sites (N-methyl/N-ethyl adjacent to an activating group) is 1. The molecule has 2 aliphatic rings. The zero-order valence-corrected chi connectivity index (χ0v) is 10.5. The van der Waals surface area contributed by atoms with E-state index < -0.39 is 0 Å². The highest BCUT2D eigenvalue weighted by Gasteiger charge is 2.15. The normalized spacial score (nSPS) is 29.4. The van der Waals surface area contributed by atoms with Gasteiger partial charge in [0.15, 0.2) is 0 Å². The maximum absolute atomic E-state index is 5.46. The quantitative estimate of drug-likeness (QED) is 0.732. The number of piperazine rings is 1. The van der Waals surface area contributed by atoms with Crippen LogP contribution in [0.25, 0.3) is 0 Å². The minimum Gasteiger partial charge on any atom is -0.380 e. The van der Waals surface area contributed by atoms with Crippen LogP contribution in [0.3, 0.4) is 0 Å². The van der Waals surface area contributed by atoms with Crippen LogP contribution in [0.1, 0.15) is 12.8 Å². The van der Waals surface area contributed by atoms with Gasteiger partial charge in [-0.25, -0.2) is 0 Å². The summed E-state index contributed by atoms with van der Waals surface area (Å²) in [4.78, 5) is 4.95. The first kappa shape index (κ1) is 12.3. The van der Waals surface area contributed by atoms with Gasteiger partial charge in [-0.1, -0.05) is 0 Å². The Kier molecular flexibility index (Phi) is 5.03. The summed E-state index contributed by atoms with van der Waals surface area (Å²) in [5.74, 6) is 0. The lowest BCUT2D eigenvalue weighted by Crippen LogP contribution is -2.48. The molecule has 2 aliphatic heterocycles. The van der Waals surface area contributed by atoms with Gasteiger partial charge in [-0.3, -0.25) is 4.90 Å². The largest absolute Gasteiger partial charge is 0.380 e. The molecule has 2 heterocycles. The molecule has 1 unspecified atom stereocenters. The molecule has 16 heavy (non-hydrogen) atoms. The van der Waals surface area contributed by atoms with Crippen molar-refractivity contribution in [3.63, 3.8) is 0 Å². The molecule has 4 nitrogen and oxygen atoms in total. The van der Waals surface area contributed by atoms with Crippen molar-refractivity contribution in [1.29, 1.82) is 0 Å².